The van der Waals surface area contributed by atoms with Crippen molar-refractivity contribution in [1.82, 2.24) is 15.1 Å². The van der Waals surface area contributed by atoms with E-state index in [1.165, 1.54) is 29.7 Å². The number of thiophene rings is 1. The van der Waals surface area contributed by atoms with Gasteiger partial charge < -0.3 is 10.2 Å². The first kappa shape index (κ1) is 18.4. The molecule has 1 aromatic heterocycles. The van der Waals surface area contributed by atoms with Gasteiger partial charge in [0.2, 0.25) is 5.91 Å². The fraction of sp³-hybridized carbons (Fsp3) is 0.684. The Labute approximate surface area is 154 Å². The van der Waals surface area contributed by atoms with Crippen LogP contribution >= 0.6 is 11.3 Å². The number of hydrogen-bond donors (Lipinski definition) is 1. The van der Waals surface area contributed by atoms with Crippen molar-refractivity contribution < 1.29 is 9.59 Å². The molecule has 1 N–H and O–H groups in total. The number of amides is 2. The van der Waals surface area contributed by atoms with Crippen LogP contribution in [0.3, 0.4) is 0 Å². The molecule has 0 radical (unpaired) electrons. The van der Waals surface area contributed by atoms with Crippen LogP contribution in [0.25, 0.3) is 0 Å². The van der Waals surface area contributed by atoms with Crippen molar-refractivity contribution in [3.05, 3.63) is 21.4 Å². The summed E-state index contributed by atoms with van der Waals surface area (Å²) >= 11 is 1.70. The lowest BCUT2D eigenvalue weighted by Crippen LogP contribution is -2.51. The molecule has 3 rings (SSSR count). The first-order valence-corrected chi connectivity index (χ1v) is 10.4. The van der Waals surface area contributed by atoms with Crippen LogP contribution in [0.4, 0.5) is 0 Å². The molecule has 2 aliphatic rings. The molecule has 138 valence electrons. The van der Waals surface area contributed by atoms with E-state index in [0.29, 0.717) is 19.6 Å². The second-order valence-electron chi connectivity index (χ2n) is 7.04. The molecule has 1 saturated heterocycles. The number of carbonyl (C=O) groups is 2. The molecule has 0 unspecified atom stereocenters. The monoisotopic (exact) mass is 363 g/mol. The largest absolute Gasteiger partial charge is 0.355 e. The summed E-state index contributed by atoms with van der Waals surface area (Å²) in [6.07, 6.45) is 7.01. The molecule has 0 aromatic carbocycles. The fourth-order valence-electron chi connectivity index (χ4n) is 3.56. The van der Waals surface area contributed by atoms with Gasteiger partial charge in [-0.3, -0.25) is 14.5 Å². The Morgan fingerprint density at radius 1 is 1.12 bits per heavy atom. The van der Waals surface area contributed by atoms with E-state index >= 15 is 0 Å². The highest BCUT2D eigenvalue weighted by atomic mass is 32.1. The molecular weight excluding hydrogens is 334 g/mol. The first-order chi connectivity index (χ1) is 12.2. The minimum Gasteiger partial charge on any atom is -0.355 e. The maximum atomic E-state index is 12.8. The highest BCUT2D eigenvalue weighted by Crippen LogP contribution is 2.29. The van der Waals surface area contributed by atoms with Crippen molar-refractivity contribution >= 4 is 23.2 Å². The quantitative estimate of drug-likeness (QED) is 0.817. The standard InChI is InChI=1S/C19H29N3O2S/c1-2-8-20-18(23)14-21-9-11-22(12-10-21)19(24)17-13-15-6-4-3-5-7-16(15)25-17/h13H,2-12,14H2,1H3,(H,20,23). The molecule has 25 heavy (non-hydrogen) atoms. The number of rotatable bonds is 5. The number of fused-ring (bicyclic) bond motifs is 1. The Kier molecular flexibility index (Phi) is 6.48. The van der Waals surface area contributed by atoms with Crippen molar-refractivity contribution in [3.8, 4) is 0 Å². The van der Waals surface area contributed by atoms with Gasteiger partial charge in [-0.15, -0.1) is 11.3 Å². The predicted octanol–water partition coefficient (Wildman–Crippen LogP) is 2.30. The van der Waals surface area contributed by atoms with Gasteiger partial charge in [0.1, 0.15) is 0 Å². The number of nitrogens with one attached hydrogen (secondary N) is 1. The second kappa shape index (κ2) is 8.81. The normalized spacial score (nSPS) is 18.5. The van der Waals surface area contributed by atoms with Crippen LogP contribution in [0.1, 0.15) is 52.7 Å². The molecule has 0 bridgehead atoms. The summed E-state index contributed by atoms with van der Waals surface area (Å²) in [5.41, 5.74) is 1.40. The molecule has 0 saturated carbocycles. The maximum absolute atomic E-state index is 12.8. The summed E-state index contributed by atoms with van der Waals surface area (Å²) in [5, 5.41) is 2.91. The van der Waals surface area contributed by atoms with E-state index in [1.54, 1.807) is 11.3 Å². The number of piperazine rings is 1. The van der Waals surface area contributed by atoms with Gasteiger partial charge in [-0.2, -0.15) is 0 Å². The maximum Gasteiger partial charge on any atom is 0.264 e. The minimum atomic E-state index is 0.0867. The van der Waals surface area contributed by atoms with Gasteiger partial charge in [0.25, 0.3) is 5.91 Å². The summed E-state index contributed by atoms with van der Waals surface area (Å²) in [7, 11) is 0. The van der Waals surface area contributed by atoms with Gasteiger partial charge in [0.15, 0.2) is 0 Å². The summed E-state index contributed by atoms with van der Waals surface area (Å²) in [5.74, 6) is 0.261. The molecule has 1 aliphatic carbocycles. The second-order valence-corrected chi connectivity index (χ2v) is 8.17. The molecule has 2 heterocycles. The minimum absolute atomic E-state index is 0.0867. The Balaban J connectivity index is 1.51. The van der Waals surface area contributed by atoms with Crippen molar-refractivity contribution in [1.29, 1.82) is 0 Å². The highest BCUT2D eigenvalue weighted by molar-refractivity contribution is 7.14. The molecule has 1 fully saturated rings. The van der Waals surface area contributed by atoms with Crippen LogP contribution in [0.5, 0.6) is 0 Å². The van der Waals surface area contributed by atoms with E-state index in [4.69, 9.17) is 0 Å². The zero-order valence-electron chi connectivity index (χ0n) is 15.2. The van der Waals surface area contributed by atoms with Gasteiger partial charge in [0, 0.05) is 37.6 Å². The van der Waals surface area contributed by atoms with E-state index in [1.807, 2.05) is 4.90 Å². The van der Waals surface area contributed by atoms with Crippen LogP contribution in [-0.4, -0.2) is 60.9 Å². The SMILES string of the molecule is CCCNC(=O)CN1CCN(C(=O)c2cc3c(s2)CCCCC3)CC1. The van der Waals surface area contributed by atoms with E-state index in [0.717, 1.165) is 43.8 Å². The lowest BCUT2D eigenvalue weighted by Gasteiger charge is -2.34. The van der Waals surface area contributed by atoms with Gasteiger partial charge in [-0.05, 0) is 43.7 Å². The van der Waals surface area contributed by atoms with Crippen LogP contribution in [0.2, 0.25) is 0 Å². The average molecular weight is 364 g/mol. The third-order valence-corrected chi connectivity index (χ3v) is 6.28. The van der Waals surface area contributed by atoms with Crippen molar-refractivity contribution in [2.75, 3.05) is 39.3 Å². The third kappa shape index (κ3) is 4.82. The van der Waals surface area contributed by atoms with Crippen LogP contribution in [-0.2, 0) is 17.6 Å². The zero-order valence-corrected chi connectivity index (χ0v) is 16.0. The molecule has 0 atom stereocenters. The van der Waals surface area contributed by atoms with Gasteiger partial charge in [-0.25, -0.2) is 0 Å². The van der Waals surface area contributed by atoms with E-state index in [-0.39, 0.29) is 11.8 Å². The van der Waals surface area contributed by atoms with Crippen molar-refractivity contribution in [2.24, 2.45) is 0 Å². The summed E-state index contributed by atoms with van der Waals surface area (Å²) in [4.78, 5) is 31.0. The molecule has 6 heteroatoms. The number of aryl methyl sites for hydroxylation is 2. The zero-order chi connectivity index (χ0) is 17.6. The summed E-state index contributed by atoms with van der Waals surface area (Å²) in [6, 6.07) is 2.14. The lowest BCUT2D eigenvalue weighted by molar-refractivity contribution is -0.122. The van der Waals surface area contributed by atoms with E-state index in [2.05, 4.69) is 23.2 Å². The lowest BCUT2D eigenvalue weighted by atomic mass is 10.1. The third-order valence-electron chi connectivity index (χ3n) is 5.06. The smallest absolute Gasteiger partial charge is 0.264 e. The molecule has 0 spiro atoms. The van der Waals surface area contributed by atoms with Crippen molar-refractivity contribution in [2.45, 2.75) is 45.4 Å². The highest BCUT2D eigenvalue weighted by Gasteiger charge is 2.25. The van der Waals surface area contributed by atoms with E-state index in [9.17, 15) is 9.59 Å². The molecule has 1 aromatic rings. The Bertz CT molecular complexity index is 582. The Hall–Kier alpha value is -1.40. The number of hydrogen-bond acceptors (Lipinski definition) is 4. The molecular formula is C19H29N3O2S. The van der Waals surface area contributed by atoms with Crippen molar-refractivity contribution in [3.63, 3.8) is 0 Å². The van der Waals surface area contributed by atoms with Gasteiger partial charge >= 0.3 is 0 Å². The number of carbonyl (C=O) groups excluding carboxylic acids is 2. The summed E-state index contributed by atoms with van der Waals surface area (Å²) in [6.45, 7) is 6.20. The molecule has 2 amide bonds. The molecule has 5 nitrogen and oxygen atoms in total. The topological polar surface area (TPSA) is 52.7 Å². The van der Waals surface area contributed by atoms with Crippen LogP contribution < -0.4 is 5.32 Å². The average Bonchev–Trinajstić information content (AvgIpc) is 2.90. The Morgan fingerprint density at radius 2 is 1.88 bits per heavy atom. The van der Waals surface area contributed by atoms with Gasteiger partial charge in [-0.1, -0.05) is 13.3 Å². The Morgan fingerprint density at radius 3 is 2.64 bits per heavy atom. The predicted molar refractivity (Wildman–Crippen MR) is 101 cm³/mol. The van der Waals surface area contributed by atoms with Gasteiger partial charge in [0.05, 0.1) is 11.4 Å². The summed E-state index contributed by atoms with van der Waals surface area (Å²) < 4.78 is 0. The van der Waals surface area contributed by atoms with Crippen LogP contribution in [0, 0.1) is 0 Å². The molecule has 1 aliphatic heterocycles. The van der Waals surface area contributed by atoms with Crippen LogP contribution in [0.15, 0.2) is 6.07 Å². The first-order valence-electron chi connectivity index (χ1n) is 9.57. The fourth-order valence-corrected chi connectivity index (χ4v) is 4.78. The number of nitrogens with zero attached hydrogens (tertiary/aromatic N) is 2. The van der Waals surface area contributed by atoms with E-state index < -0.39 is 0 Å².